The topological polar surface area (TPSA) is 91.4 Å². The maximum absolute atomic E-state index is 9.43. The number of aryl methyl sites for hydroxylation is 1. The highest BCUT2D eigenvalue weighted by atomic mass is 16.5. The van der Waals surface area contributed by atoms with Gasteiger partial charge in [0.2, 0.25) is 5.89 Å². The van der Waals surface area contributed by atoms with Crippen LogP contribution in [0.15, 0.2) is 4.52 Å². The van der Waals surface area contributed by atoms with Crippen LogP contribution in [-0.2, 0) is 6.54 Å². The zero-order valence-electron chi connectivity index (χ0n) is 8.32. The van der Waals surface area contributed by atoms with Gasteiger partial charge in [-0.3, -0.25) is 0 Å². The highest BCUT2D eigenvalue weighted by Crippen LogP contribution is 1.99. The summed E-state index contributed by atoms with van der Waals surface area (Å²) in [6.45, 7) is 3.65. The van der Waals surface area contributed by atoms with Crippen molar-refractivity contribution in [2.24, 2.45) is 0 Å². The molecule has 1 unspecified atom stereocenters. The molecule has 0 aromatic carbocycles. The van der Waals surface area contributed by atoms with Crippen molar-refractivity contribution in [2.45, 2.75) is 26.0 Å². The van der Waals surface area contributed by atoms with Crippen LogP contribution in [0.5, 0.6) is 0 Å². The SMILES string of the molecule is Cc1nc(CNCC(C)(O)CO)no1. The summed E-state index contributed by atoms with van der Waals surface area (Å²) in [7, 11) is 0. The Morgan fingerprint density at radius 3 is 2.79 bits per heavy atom. The quantitative estimate of drug-likeness (QED) is 0.578. The van der Waals surface area contributed by atoms with Gasteiger partial charge in [-0.15, -0.1) is 0 Å². The minimum absolute atomic E-state index is 0.275. The van der Waals surface area contributed by atoms with Crippen molar-refractivity contribution in [1.29, 1.82) is 0 Å². The molecule has 1 aromatic heterocycles. The molecular weight excluding hydrogens is 186 g/mol. The third-order valence-corrected chi connectivity index (χ3v) is 1.70. The maximum atomic E-state index is 9.43. The molecule has 3 N–H and O–H groups in total. The van der Waals surface area contributed by atoms with Crippen LogP contribution in [0, 0.1) is 6.92 Å². The molecule has 0 bridgehead atoms. The highest BCUT2D eigenvalue weighted by Gasteiger charge is 2.18. The lowest BCUT2D eigenvalue weighted by Gasteiger charge is -2.19. The molecule has 0 fully saturated rings. The van der Waals surface area contributed by atoms with Crippen LogP contribution in [-0.4, -0.2) is 39.1 Å². The van der Waals surface area contributed by atoms with E-state index in [0.717, 1.165) is 0 Å². The Balaban J connectivity index is 2.28. The number of aliphatic hydroxyl groups excluding tert-OH is 1. The Kier molecular flexibility index (Phi) is 3.56. The summed E-state index contributed by atoms with van der Waals surface area (Å²) in [4.78, 5) is 3.97. The number of nitrogens with one attached hydrogen (secondary N) is 1. The van der Waals surface area contributed by atoms with E-state index in [2.05, 4.69) is 15.5 Å². The molecule has 6 nitrogen and oxygen atoms in total. The van der Waals surface area contributed by atoms with Crippen molar-refractivity contribution in [3.05, 3.63) is 11.7 Å². The summed E-state index contributed by atoms with van der Waals surface area (Å²) in [6.07, 6.45) is 0. The van der Waals surface area contributed by atoms with E-state index in [1.54, 1.807) is 13.8 Å². The molecule has 0 radical (unpaired) electrons. The number of aromatic nitrogens is 2. The van der Waals surface area contributed by atoms with Crippen molar-refractivity contribution in [3.63, 3.8) is 0 Å². The van der Waals surface area contributed by atoms with Gasteiger partial charge in [-0.05, 0) is 6.92 Å². The average Bonchev–Trinajstić information content (AvgIpc) is 2.51. The van der Waals surface area contributed by atoms with Crippen LogP contribution >= 0.6 is 0 Å². The van der Waals surface area contributed by atoms with E-state index >= 15 is 0 Å². The number of nitrogens with zero attached hydrogens (tertiary/aromatic N) is 2. The molecule has 1 atom stereocenters. The average molecular weight is 201 g/mol. The Morgan fingerprint density at radius 2 is 2.29 bits per heavy atom. The fourth-order valence-electron chi connectivity index (χ4n) is 0.913. The molecule has 14 heavy (non-hydrogen) atoms. The van der Waals surface area contributed by atoms with Gasteiger partial charge in [0, 0.05) is 13.5 Å². The normalized spacial score (nSPS) is 15.4. The first-order chi connectivity index (χ1) is 6.53. The second kappa shape index (κ2) is 4.50. The molecule has 0 spiro atoms. The first-order valence-electron chi connectivity index (χ1n) is 4.37. The summed E-state index contributed by atoms with van der Waals surface area (Å²) < 4.78 is 4.76. The predicted octanol–water partition coefficient (Wildman–Crippen LogP) is -0.789. The van der Waals surface area contributed by atoms with Gasteiger partial charge in [0.25, 0.3) is 0 Å². The largest absolute Gasteiger partial charge is 0.393 e. The van der Waals surface area contributed by atoms with Gasteiger partial charge in [-0.2, -0.15) is 4.98 Å². The molecule has 1 heterocycles. The Morgan fingerprint density at radius 1 is 1.57 bits per heavy atom. The summed E-state index contributed by atoms with van der Waals surface area (Å²) in [6, 6.07) is 0. The molecule has 0 saturated heterocycles. The van der Waals surface area contributed by atoms with Gasteiger partial charge < -0.3 is 20.1 Å². The number of rotatable bonds is 5. The highest BCUT2D eigenvalue weighted by molar-refractivity contribution is 4.84. The maximum Gasteiger partial charge on any atom is 0.223 e. The molecule has 80 valence electrons. The minimum atomic E-state index is -1.11. The van der Waals surface area contributed by atoms with Gasteiger partial charge in [-0.25, -0.2) is 0 Å². The van der Waals surface area contributed by atoms with Crippen molar-refractivity contribution < 1.29 is 14.7 Å². The van der Waals surface area contributed by atoms with Crippen molar-refractivity contribution in [2.75, 3.05) is 13.2 Å². The number of aliphatic hydroxyl groups is 2. The number of hydrogen-bond donors (Lipinski definition) is 3. The zero-order valence-corrected chi connectivity index (χ0v) is 8.32. The van der Waals surface area contributed by atoms with Crippen molar-refractivity contribution >= 4 is 0 Å². The molecule has 0 aliphatic heterocycles. The van der Waals surface area contributed by atoms with Gasteiger partial charge in [0.15, 0.2) is 5.82 Å². The molecule has 6 heteroatoms. The van der Waals surface area contributed by atoms with Crippen LogP contribution in [0.4, 0.5) is 0 Å². The van der Waals surface area contributed by atoms with E-state index in [9.17, 15) is 5.11 Å². The smallest absolute Gasteiger partial charge is 0.223 e. The second-order valence-corrected chi connectivity index (χ2v) is 3.49. The van der Waals surface area contributed by atoms with Crippen LogP contribution in [0.2, 0.25) is 0 Å². The van der Waals surface area contributed by atoms with E-state index in [4.69, 9.17) is 9.63 Å². The first kappa shape index (κ1) is 11.1. The molecule has 0 saturated carbocycles. The molecule has 0 aliphatic rings. The van der Waals surface area contributed by atoms with E-state index in [1.165, 1.54) is 0 Å². The first-order valence-corrected chi connectivity index (χ1v) is 4.37. The van der Waals surface area contributed by atoms with Crippen LogP contribution in [0.25, 0.3) is 0 Å². The Labute approximate surface area is 81.9 Å². The van der Waals surface area contributed by atoms with E-state index in [1.807, 2.05) is 0 Å². The van der Waals surface area contributed by atoms with Crippen LogP contribution in [0.1, 0.15) is 18.6 Å². The van der Waals surface area contributed by atoms with Gasteiger partial charge >= 0.3 is 0 Å². The monoisotopic (exact) mass is 201 g/mol. The van der Waals surface area contributed by atoms with Crippen LogP contribution < -0.4 is 5.32 Å². The zero-order chi connectivity index (χ0) is 10.6. The fraction of sp³-hybridized carbons (Fsp3) is 0.750. The number of hydrogen-bond acceptors (Lipinski definition) is 6. The summed E-state index contributed by atoms with van der Waals surface area (Å²) >= 11 is 0. The predicted molar refractivity (Wildman–Crippen MR) is 48.5 cm³/mol. The molecule has 0 aliphatic carbocycles. The third kappa shape index (κ3) is 3.41. The van der Waals surface area contributed by atoms with Gasteiger partial charge in [0.1, 0.15) is 0 Å². The minimum Gasteiger partial charge on any atom is -0.393 e. The van der Waals surface area contributed by atoms with Crippen LogP contribution in [0.3, 0.4) is 0 Å². The molecule has 1 aromatic rings. The van der Waals surface area contributed by atoms with E-state index < -0.39 is 5.60 Å². The lowest BCUT2D eigenvalue weighted by molar-refractivity contribution is 0.00240. The third-order valence-electron chi connectivity index (χ3n) is 1.70. The standard InChI is InChI=1S/C8H15N3O3/c1-6-10-7(11-14-6)3-9-4-8(2,13)5-12/h9,12-13H,3-5H2,1-2H3. The summed E-state index contributed by atoms with van der Waals surface area (Å²) in [5, 5.41) is 24.8. The van der Waals surface area contributed by atoms with Crippen molar-refractivity contribution in [1.82, 2.24) is 15.5 Å². The summed E-state index contributed by atoms with van der Waals surface area (Å²) in [5.74, 6) is 1.05. The fourth-order valence-corrected chi connectivity index (χ4v) is 0.913. The Bertz CT molecular complexity index is 285. The van der Waals surface area contributed by atoms with E-state index in [-0.39, 0.29) is 13.2 Å². The lowest BCUT2D eigenvalue weighted by atomic mass is 10.1. The van der Waals surface area contributed by atoms with E-state index in [0.29, 0.717) is 18.3 Å². The van der Waals surface area contributed by atoms with Crippen molar-refractivity contribution in [3.8, 4) is 0 Å². The summed E-state index contributed by atoms with van der Waals surface area (Å²) in [5.41, 5.74) is -1.11. The molecule has 0 amide bonds. The molecular formula is C8H15N3O3. The molecule has 1 rings (SSSR count). The lowest BCUT2D eigenvalue weighted by Crippen LogP contribution is -2.40. The van der Waals surface area contributed by atoms with Gasteiger partial charge in [-0.1, -0.05) is 5.16 Å². The van der Waals surface area contributed by atoms with Gasteiger partial charge in [0.05, 0.1) is 18.8 Å². The second-order valence-electron chi connectivity index (χ2n) is 3.49. The Hall–Kier alpha value is -0.980.